The first-order chi connectivity index (χ1) is 7.36. The lowest BCUT2D eigenvalue weighted by molar-refractivity contribution is 0.0542. The van der Waals surface area contributed by atoms with Gasteiger partial charge in [0.25, 0.3) is 0 Å². The van der Waals surface area contributed by atoms with Crippen molar-refractivity contribution in [2.75, 3.05) is 0 Å². The van der Waals surface area contributed by atoms with Crippen molar-refractivity contribution in [3.63, 3.8) is 0 Å². The Kier molecular flexibility index (Phi) is 3.79. The van der Waals surface area contributed by atoms with E-state index in [1.807, 2.05) is 6.07 Å². The van der Waals surface area contributed by atoms with Gasteiger partial charge in [0.15, 0.2) is 0 Å². The SMILES string of the molecule is OC(CCCc1ccccc1)C1CCC1. The van der Waals surface area contributed by atoms with Crippen LogP contribution in [0.3, 0.4) is 0 Å². The number of aliphatic hydroxyl groups excluding tert-OH is 1. The van der Waals surface area contributed by atoms with Crippen LogP contribution in [-0.2, 0) is 6.42 Å². The third-order valence-electron chi connectivity index (χ3n) is 3.50. The molecule has 1 saturated carbocycles. The third-order valence-corrected chi connectivity index (χ3v) is 3.50. The maximum absolute atomic E-state index is 9.85. The van der Waals surface area contributed by atoms with Crippen molar-refractivity contribution in [3.05, 3.63) is 35.9 Å². The molecule has 0 saturated heterocycles. The summed E-state index contributed by atoms with van der Waals surface area (Å²) in [4.78, 5) is 0. The quantitative estimate of drug-likeness (QED) is 0.781. The molecule has 0 aromatic heterocycles. The Hall–Kier alpha value is -0.820. The molecule has 1 aromatic rings. The summed E-state index contributed by atoms with van der Waals surface area (Å²) in [5.41, 5.74) is 1.39. The Morgan fingerprint density at radius 3 is 2.53 bits per heavy atom. The molecule has 1 aromatic carbocycles. The maximum Gasteiger partial charge on any atom is 0.0568 e. The molecule has 1 N–H and O–H groups in total. The van der Waals surface area contributed by atoms with E-state index in [-0.39, 0.29) is 6.10 Å². The predicted octanol–water partition coefficient (Wildman–Crippen LogP) is 3.17. The fraction of sp³-hybridized carbons (Fsp3) is 0.571. The highest BCUT2D eigenvalue weighted by Gasteiger charge is 2.24. The molecule has 0 heterocycles. The van der Waals surface area contributed by atoms with Crippen LogP contribution in [-0.4, -0.2) is 11.2 Å². The highest BCUT2D eigenvalue weighted by molar-refractivity contribution is 5.14. The monoisotopic (exact) mass is 204 g/mol. The van der Waals surface area contributed by atoms with Gasteiger partial charge in [-0.25, -0.2) is 0 Å². The van der Waals surface area contributed by atoms with Crippen LogP contribution >= 0.6 is 0 Å². The van der Waals surface area contributed by atoms with Gasteiger partial charge in [-0.3, -0.25) is 0 Å². The van der Waals surface area contributed by atoms with Crippen LogP contribution in [0.25, 0.3) is 0 Å². The largest absolute Gasteiger partial charge is 0.393 e. The number of hydrogen-bond donors (Lipinski definition) is 1. The van der Waals surface area contributed by atoms with Gasteiger partial charge in [0, 0.05) is 0 Å². The number of aliphatic hydroxyl groups is 1. The second-order valence-electron chi connectivity index (χ2n) is 4.64. The molecule has 0 spiro atoms. The van der Waals surface area contributed by atoms with E-state index in [2.05, 4.69) is 24.3 Å². The molecule has 0 amide bonds. The van der Waals surface area contributed by atoms with Crippen molar-refractivity contribution < 1.29 is 5.11 Å². The van der Waals surface area contributed by atoms with Gasteiger partial charge in [-0.1, -0.05) is 36.8 Å². The number of benzene rings is 1. The minimum absolute atomic E-state index is 0.0394. The van der Waals surface area contributed by atoms with Gasteiger partial charge in [0.1, 0.15) is 0 Å². The Bertz CT molecular complexity index is 277. The van der Waals surface area contributed by atoms with Gasteiger partial charge in [0.05, 0.1) is 6.10 Å². The smallest absolute Gasteiger partial charge is 0.0568 e. The molecule has 0 aliphatic heterocycles. The highest BCUT2D eigenvalue weighted by Crippen LogP contribution is 2.31. The molecule has 1 atom stereocenters. The van der Waals surface area contributed by atoms with Crippen LogP contribution in [0.5, 0.6) is 0 Å². The van der Waals surface area contributed by atoms with Crippen LogP contribution < -0.4 is 0 Å². The van der Waals surface area contributed by atoms with E-state index in [1.165, 1.54) is 24.8 Å². The first-order valence-electron chi connectivity index (χ1n) is 6.08. The summed E-state index contributed by atoms with van der Waals surface area (Å²) >= 11 is 0. The molecule has 1 aliphatic carbocycles. The summed E-state index contributed by atoms with van der Waals surface area (Å²) in [5, 5.41) is 9.85. The zero-order valence-corrected chi connectivity index (χ0v) is 9.23. The molecule has 15 heavy (non-hydrogen) atoms. The zero-order chi connectivity index (χ0) is 10.5. The van der Waals surface area contributed by atoms with Gasteiger partial charge in [-0.15, -0.1) is 0 Å². The number of aryl methyl sites for hydroxylation is 1. The molecule has 1 fully saturated rings. The minimum atomic E-state index is -0.0394. The van der Waals surface area contributed by atoms with Crippen LogP contribution in [0.15, 0.2) is 30.3 Å². The topological polar surface area (TPSA) is 20.2 Å². The Labute approximate surface area is 92.1 Å². The average Bonchev–Trinajstić information content (AvgIpc) is 2.16. The first kappa shape index (κ1) is 10.7. The summed E-state index contributed by atoms with van der Waals surface area (Å²) < 4.78 is 0. The van der Waals surface area contributed by atoms with Crippen molar-refractivity contribution in [1.29, 1.82) is 0 Å². The van der Waals surface area contributed by atoms with Crippen LogP contribution in [0, 0.1) is 5.92 Å². The molecule has 0 bridgehead atoms. The Morgan fingerprint density at radius 1 is 1.20 bits per heavy atom. The molecule has 1 aliphatic rings. The molecular weight excluding hydrogens is 184 g/mol. The molecular formula is C14H20O. The van der Waals surface area contributed by atoms with Gasteiger partial charge in [-0.2, -0.15) is 0 Å². The fourth-order valence-corrected chi connectivity index (χ4v) is 2.22. The van der Waals surface area contributed by atoms with Crippen molar-refractivity contribution in [1.82, 2.24) is 0 Å². The minimum Gasteiger partial charge on any atom is -0.393 e. The van der Waals surface area contributed by atoms with Crippen molar-refractivity contribution in [3.8, 4) is 0 Å². The molecule has 1 nitrogen and oxygen atoms in total. The van der Waals surface area contributed by atoms with Crippen LogP contribution in [0.1, 0.15) is 37.7 Å². The summed E-state index contributed by atoms with van der Waals surface area (Å²) in [6.07, 6.45) is 6.95. The third kappa shape index (κ3) is 3.07. The van der Waals surface area contributed by atoms with E-state index in [1.54, 1.807) is 0 Å². The lowest BCUT2D eigenvalue weighted by Gasteiger charge is -2.30. The van der Waals surface area contributed by atoms with Crippen molar-refractivity contribution >= 4 is 0 Å². The number of hydrogen-bond acceptors (Lipinski definition) is 1. The Morgan fingerprint density at radius 2 is 1.93 bits per heavy atom. The summed E-state index contributed by atoms with van der Waals surface area (Å²) in [7, 11) is 0. The lowest BCUT2D eigenvalue weighted by Crippen LogP contribution is -2.26. The summed E-state index contributed by atoms with van der Waals surface area (Å²) in [6, 6.07) is 10.5. The van der Waals surface area contributed by atoms with E-state index in [4.69, 9.17) is 0 Å². The molecule has 1 heteroatoms. The molecule has 82 valence electrons. The Balaban J connectivity index is 1.66. The van der Waals surface area contributed by atoms with E-state index >= 15 is 0 Å². The highest BCUT2D eigenvalue weighted by atomic mass is 16.3. The van der Waals surface area contributed by atoms with Crippen LogP contribution in [0.4, 0.5) is 0 Å². The second-order valence-corrected chi connectivity index (χ2v) is 4.64. The lowest BCUT2D eigenvalue weighted by atomic mass is 9.79. The fourth-order valence-electron chi connectivity index (χ4n) is 2.22. The molecule has 0 radical (unpaired) electrons. The van der Waals surface area contributed by atoms with E-state index < -0.39 is 0 Å². The summed E-state index contributed by atoms with van der Waals surface area (Å²) in [5.74, 6) is 0.612. The normalized spacial score (nSPS) is 18.5. The van der Waals surface area contributed by atoms with Gasteiger partial charge < -0.3 is 5.11 Å². The maximum atomic E-state index is 9.85. The standard InChI is InChI=1S/C14H20O/c15-14(13-9-5-10-13)11-4-8-12-6-2-1-3-7-12/h1-3,6-7,13-15H,4-5,8-11H2. The van der Waals surface area contributed by atoms with Gasteiger partial charge in [-0.05, 0) is 43.6 Å². The summed E-state index contributed by atoms with van der Waals surface area (Å²) in [6.45, 7) is 0. The van der Waals surface area contributed by atoms with Crippen LogP contribution in [0.2, 0.25) is 0 Å². The van der Waals surface area contributed by atoms with Crippen molar-refractivity contribution in [2.24, 2.45) is 5.92 Å². The zero-order valence-electron chi connectivity index (χ0n) is 9.23. The van der Waals surface area contributed by atoms with Gasteiger partial charge in [0.2, 0.25) is 0 Å². The molecule has 1 unspecified atom stereocenters. The predicted molar refractivity (Wildman–Crippen MR) is 62.7 cm³/mol. The number of rotatable bonds is 5. The molecule has 2 rings (SSSR count). The second kappa shape index (κ2) is 5.32. The van der Waals surface area contributed by atoms with E-state index in [0.29, 0.717) is 5.92 Å². The average molecular weight is 204 g/mol. The first-order valence-corrected chi connectivity index (χ1v) is 6.08. The van der Waals surface area contributed by atoms with E-state index in [0.717, 1.165) is 19.3 Å². The van der Waals surface area contributed by atoms with Gasteiger partial charge >= 0.3 is 0 Å². The van der Waals surface area contributed by atoms with Crippen molar-refractivity contribution in [2.45, 2.75) is 44.6 Å². The van der Waals surface area contributed by atoms with E-state index in [9.17, 15) is 5.11 Å².